The minimum atomic E-state index is 0.355. The fourth-order valence-corrected chi connectivity index (χ4v) is 3.41. The Kier molecular flexibility index (Phi) is 4.66. The summed E-state index contributed by atoms with van der Waals surface area (Å²) in [5.74, 6) is 1.64. The third-order valence-electron chi connectivity index (χ3n) is 4.03. The summed E-state index contributed by atoms with van der Waals surface area (Å²) in [6, 6.07) is 18.2. The molecule has 5 nitrogen and oxygen atoms in total. The molecule has 26 heavy (non-hydrogen) atoms. The second kappa shape index (κ2) is 7.41. The van der Waals surface area contributed by atoms with Crippen molar-refractivity contribution in [3.05, 3.63) is 71.2 Å². The van der Waals surface area contributed by atoms with Gasteiger partial charge in [-0.3, -0.25) is 0 Å². The first kappa shape index (κ1) is 16.4. The highest BCUT2D eigenvalue weighted by Crippen LogP contribution is 2.30. The number of nitrogen functional groups attached to an aromatic ring is 1. The van der Waals surface area contributed by atoms with Crippen LogP contribution in [0.15, 0.2) is 66.3 Å². The van der Waals surface area contributed by atoms with Crippen molar-refractivity contribution in [2.45, 2.75) is 6.42 Å². The predicted octanol–water partition coefficient (Wildman–Crippen LogP) is 4.72. The number of nitrogens with two attached hydrogens (primary N) is 1. The topological polar surface area (TPSA) is 73.1 Å². The monoisotopic (exact) mass is 362 g/mol. The van der Waals surface area contributed by atoms with E-state index in [1.807, 2.05) is 36.4 Å². The van der Waals surface area contributed by atoms with Crippen LogP contribution in [0, 0.1) is 0 Å². The van der Waals surface area contributed by atoms with E-state index in [-0.39, 0.29) is 0 Å². The van der Waals surface area contributed by atoms with Crippen LogP contribution in [0.3, 0.4) is 0 Å². The molecule has 0 saturated heterocycles. The molecule has 4 aromatic rings. The first-order chi connectivity index (χ1) is 12.8. The lowest BCUT2D eigenvalue weighted by atomic mass is 10.1. The molecule has 2 heterocycles. The molecule has 0 aliphatic heterocycles. The SMILES string of the molecule is Nc1c(NCCc2cccs2)ncnc1Oc1ccc2ccccc2c1. The second-order valence-electron chi connectivity index (χ2n) is 5.81. The maximum Gasteiger partial charge on any atom is 0.248 e. The van der Waals surface area contributed by atoms with Crippen LogP contribution in [0.1, 0.15) is 4.88 Å². The van der Waals surface area contributed by atoms with Gasteiger partial charge in [0.1, 0.15) is 17.8 Å². The number of thiophene rings is 1. The molecule has 0 unspecified atom stereocenters. The van der Waals surface area contributed by atoms with Gasteiger partial charge in [0, 0.05) is 11.4 Å². The van der Waals surface area contributed by atoms with Crippen LogP contribution in [-0.4, -0.2) is 16.5 Å². The van der Waals surface area contributed by atoms with Crippen molar-refractivity contribution in [1.82, 2.24) is 9.97 Å². The van der Waals surface area contributed by atoms with Crippen LogP contribution in [0.5, 0.6) is 11.6 Å². The Labute approximate surface area is 155 Å². The summed E-state index contributed by atoms with van der Waals surface area (Å²) in [6.07, 6.45) is 2.38. The number of nitrogens with one attached hydrogen (secondary N) is 1. The maximum atomic E-state index is 6.19. The molecule has 3 N–H and O–H groups in total. The highest BCUT2D eigenvalue weighted by molar-refractivity contribution is 7.09. The molecule has 4 rings (SSSR count). The van der Waals surface area contributed by atoms with Gasteiger partial charge in [0.2, 0.25) is 5.88 Å². The lowest BCUT2D eigenvalue weighted by Gasteiger charge is -2.12. The Morgan fingerprint density at radius 1 is 1.00 bits per heavy atom. The minimum absolute atomic E-state index is 0.355. The van der Waals surface area contributed by atoms with Gasteiger partial charge in [-0.1, -0.05) is 36.4 Å². The van der Waals surface area contributed by atoms with Crippen molar-refractivity contribution in [3.63, 3.8) is 0 Å². The van der Waals surface area contributed by atoms with E-state index in [2.05, 4.69) is 38.9 Å². The van der Waals surface area contributed by atoms with Gasteiger partial charge in [-0.25, -0.2) is 4.98 Å². The fraction of sp³-hybridized carbons (Fsp3) is 0.100. The normalized spacial score (nSPS) is 10.8. The van der Waals surface area contributed by atoms with Crippen molar-refractivity contribution >= 4 is 33.6 Å². The van der Waals surface area contributed by atoms with Crippen molar-refractivity contribution in [1.29, 1.82) is 0 Å². The summed E-state index contributed by atoms with van der Waals surface area (Å²) < 4.78 is 5.90. The van der Waals surface area contributed by atoms with Gasteiger partial charge >= 0.3 is 0 Å². The molecule has 0 aliphatic carbocycles. The number of anilines is 2. The molecular formula is C20H18N4OS. The summed E-state index contributed by atoms with van der Waals surface area (Å²) in [6.45, 7) is 0.747. The smallest absolute Gasteiger partial charge is 0.248 e. The number of fused-ring (bicyclic) bond motifs is 1. The molecule has 2 aromatic carbocycles. The molecule has 0 spiro atoms. The van der Waals surface area contributed by atoms with Gasteiger partial charge in [0.05, 0.1) is 0 Å². The number of rotatable bonds is 6. The van der Waals surface area contributed by atoms with Crippen LogP contribution in [-0.2, 0) is 6.42 Å². The third kappa shape index (κ3) is 3.60. The molecular weight excluding hydrogens is 344 g/mol. The van der Waals surface area contributed by atoms with Gasteiger partial charge < -0.3 is 15.8 Å². The predicted molar refractivity (Wildman–Crippen MR) is 107 cm³/mol. The summed E-state index contributed by atoms with van der Waals surface area (Å²) in [7, 11) is 0. The molecule has 0 aliphatic rings. The average Bonchev–Trinajstić information content (AvgIpc) is 3.18. The van der Waals surface area contributed by atoms with E-state index >= 15 is 0 Å². The van der Waals surface area contributed by atoms with Crippen LogP contribution >= 0.6 is 11.3 Å². The number of ether oxygens (including phenoxy) is 1. The van der Waals surface area contributed by atoms with Crippen LogP contribution < -0.4 is 15.8 Å². The van der Waals surface area contributed by atoms with Crippen LogP contribution in [0.4, 0.5) is 11.5 Å². The van der Waals surface area contributed by atoms with E-state index in [0.717, 1.165) is 23.7 Å². The molecule has 6 heteroatoms. The van der Waals surface area contributed by atoms with E-state index in [1.54, 1.807) is 11.3 Å². The Bertz CT molecular complexity index is 1020. The van der Waals surface area contributed by atoms with E-state index in [1.165, 1.54) is 11.2 Å². The molecule has 130 valence electrons. The summed E-state index contributed by atoms with van der Waals surface area (Å²) in [5.41, 5.74) is 6.60. The molecule has 0 fully saturated rings. The summed E-state index contributed by atoms with van der Waals surface area (Å²) in [4.78, 5) is 9.72. The zero-order valence-corrected chi connectivity index (χ0v) is 14.9. The van der Waals surface area contributed by atoms with Crippen molar-refractivity contribution in [2.24, 2.45) is 0 Å². The lowest BCUT2D eigenvalue weighted by molar-refractivity contribution is 0.465. The van der Waals surface area contributed by atoms with Gasteiger partial charge in [0.25, 0.3) is 0 Å². The molecule has 0 radical (unpaired) electrons. The number of hydrogen-bond donors (Lipinski definition) is 2. The summed E-state index contributed by atoms with van der Waals surface area (Å²) >= 11 is 1.74. The highest BCUT2D eigenvalue weighted by atomic mass is 32.1. The number of nitrogens with zero attached hydrogens (tertiary/aromatic N) is 2. The average molecular weight is 362 g/mol. The van der Waals surface area contributed by atoms with Gasteiger partial charge in [-0.15, -0.1) is 11.3 Å². The van der Waals surface area contributed by atoms with Gasteiger partial charge in [-0.2, -0.15) is 4.98 Å². The molecule has 0 atom stereocenters. The van der Waals surface area contributed by atoms with Crippen molar-refractivity contribution < 1.29 is 4.74 Å². The fourth-order valence-electron chi connectivity index (χ4n) is 2.70. The van der Waals surface area contributed by atoms with Gasteiger partial charge in [0.15, 0.2) is 5.82 Å². The quantitative estimate of drug-likeness (QED) is 0.519. The van der Waals surface area contributed by atoms with E-state index in [9.17, 15) is 0 Å². The molecule has 2 aromatic heterocycles. The largest absolute Gasteiger partial charge is 0.437 e. The number of aromatic nitrogens is 2. The first-order valence-electron chi connectivity index (χ1n) is 8.33. The van der Waals surface area contributed by atoms with Crippen molar-refractivity contribution in [3.8, 4) is 11.6 Å². The number of benzene rings is 2. The number of hydrogen-bond acceptors (Lipinski definition) is 6. The van der Waals surface area contributed by atoms with E-state index < -0.39 is 0 Å². The standard InChI is InChI=1S/C20H18N4OS/c21-18-19(22-10-9-17-6-3-11-26-17)23-13-24-20(18)25-16-8-7-14-4-1-2-5-15(14)12-16/h1-8,11-13H,9-10,21H2,(H,22,23,24). The van der Waals surface area contributed by atoms with Gasteiger partial charge in [-0.05, 0) is 40.8 Å². The second-order valence-corrected chi connectivity index (χ2v) is 6.84. The molecule has 0 bridgehead atoms. The molecule has 0 amide bonds. The zero-order valence-electron chi connectivity index (χ0n) is 14.1. The van der Waals surface area contributed by atoms with E-state index in [4.69, 9.17) is 10.5 Å². The van der Waals surface area contributed by atoms with E-state index in [0.29, 0.717) is 23.1 Å². The van der Waals surface area contributed by atoms with Crippen LogP contribution in [0.2, 0.25) is 0 Å². The van der Waals surface area contributed by atoms with Crippen molar-refractivity contribution in [2.75, 3.05) is 17.6 Å². The Balaban J connectivity index is 1.49. The summed E-state index contributed by atoms with van der Waals surface area (Å²) in [5, 5.41) is 7.59. The lowest BCUT2D eigenvalue weighted by Crippen LogP contribution is -2.09. The molecule has 0 saturated carbocycles. The van der Waals surface area contributed by atoms with Crippen LogP contribution in [0.25, 0.3) is 10.8 Å². The third-order valence-corrected chi connectivity index (χ3v) is 4.96. The maximum absolute atomic E-state index is 6.19. The highest BCUT2D eigenvalue weighted by Gasteiger charge is 2.10. The first-order valence-corrected chi connectivity index (χ1v) is 9.21. The minimum Gasteiger partial charge on any atom is -0.437 e. The Hall–Kier alpha value is -3.12. The Morgan fingerprint density at radius 3 is 2.73 bits per heavy atom. The zero-order chi connectivity index (χ0) is 17.8. The Morgan fingerprint density at radius 2 is 1.88 bits per heavy atom.